The van der Waals surface area contributed by atoms with Gasteiger partial charge in [0.1, 0.15) is 6.33 Å². The number of hydrogen-bond acceptors (Lipinski definition) is 3. The fraction of sp³-hybridized carbons (Fsp3) is 0.286. The Hall–Kier alpha value is -1.45. The Balaban J connectivity index is 2.31. The Morgan fingerprint density at radius 1 is 1.33 bits per heavy atom. The van der Waals surface area contributed by atoms with Crippen LogP contribution >= 0.6 is 11.6 Å². The molecule has 0 amide bonds. The van der Waals surface area contributed by atoms with Crippen LogP contribution in [0.2, 0.25) is 5.02 Å². The van der Waals surface area contributed by atoms with E-state index in [1.54, 1.807) is 12.5 Å². The van der Waals surface area contributed by atoms with Gasteiger partial charge in [0, 0.05) is 11.2 Å². The number of nitrogens with one attached hydrogen (secondary N) is 1. The van der Waals surface area contributed by atoms with E-state index in [0.717, 1.165) is 29.2 Å². The minimum Gasteiger partial charge on any atom is -0.305 e. The molecule has 2 aromatic rings. The third-order valence-electron chi connectivity index (χ3n) is 2.68. The van der Waals surface area contributed by atoms with Gasteiger partial charge in [-0.3, -0.25) is 0 Å². The summed E-state index contributed by atoms with van der Waals surface area (Å²) in [6.07, 6.45) is 4.40. The molecule has 18 heavy (non-hydrogen) atoms. The summed E-state index contributed by atoms with van der Waals surface area (Å²) in [6, 6.07) is 9.85. The molecule has 1 heterocycles. The summed E-state index contributed by atoms with van der Waals surface area (Å²) in [5.74, 6) is 0. The predicted molar refractivity (Wildman–Crippen MR) is 73.6 cm³/mol. The second-order valence-electron chi connectivity index (χ2n) is 4.08. The van der Waals surface area contributed by atoms with Gasteiger partial charge in [0.15, 0.2) is 0 Å². The molecule has 1 aromatic heterocycles. The van der Waals surface area contributed by atoms with Gasteiger partial charge in [0.25, 0.3) is 0 Å². The van der Waals surface area contributed by atoms with Crippen molar-refractivity contribution < 1.29 is 0 Å². The maximum absolute atomic E-state index is 6.05. The lowest BCUT2D eigenvalue weighted by Crippen LogP contribution is -2.24. The molecule has 0 bridgehead atoms. The Morgan fingerprint density at radius 2 is 2.22 bits per heavy atom. The summed E-state index contributed by atoms with van der Waals surface area (Å²) in [5.41, 5.74) is 2.08. The lowest BCUT2D eigenvalue weighted by Gasteiger charge is -2.18. The molecule has 4 heteroatoms. The van der Waals surface area contributed by atoms with Crippen LogP contribution < -0.4 is 5.32 Å². The molecule has 94 valence electrons. The van der Waals surface area contributed by atoms with Crippen molar-refractivity contribution in [3.8, 4) is 0 Å². The van der Waals surface area contributed by atoms with Gasteiger partial charge in [-0.25, -0.2) is 9.97 Å². The maximum Gasteiger partial charge on any atom is 0.115 e. The van der Waals surface area contributed by atoms with Gasteiger partial charge < -0.3 is 5.32 Å². The van der Waals surface area contributed by atoms with Crippen molar-refractivity contribution in [1.29, 1.82) is 0 Å². The van der Waals surface area contributed by atoms with Crippen LogP contribution in [-0.2, 0) is 0 Å². The lowest BCUT2D eigenvalue weighted by atomic mass is 10.0. The van der Waals surface area contributed by atoms with Crippen LogP contribution in [0.3, 0.4) is 0 Å². The van der Waals surface area contributed by atoms with E-state index < -0.39 is 0 Å². The second-order valence-corrected chi connectivity index (χ2v) is 4.51. The van der Waals surface area contributed by atoms with Crippen molar-refractivity contribution in [2.75, 3.05) is 6.54 Å². The minimum absolute atomic E-state index is 0.0617. The van der Waals surface area contributed by atoms with Gasteiger partial charge >= 0.3 is 0 Å². The van der Waals surface area contributed by atoms with Crippen LogP contribution in [0, 0.1) is 0 Å². The molecule has 0 saturated carbocycles. The minimum atomic E-state index is 0.0617. The van der Waals surface area contributed by atoms with Crippen LogP contribution in [0.5, 0.6) is 0 Å². The number of aromatic nitrogens is 2. The molecule has 1 aromatic carbocycles. The van der Waals surface area contributed by atoms with Crippen LogP contribution in [0.25, 0.3) is 0 Å². The van der Waals surface area contributed by atoms with Crippen molar-refractivity contribution in [2.45, 2.75) is 19.4 Å². The lowest BCUT2D eigenvalue weighted by molar-refractivity contribution is 0.585. The Morgan fingerprint density at radius 3 is 2.89 bits per heavy atom. The molecular weight excluding hydrogens is 246 g/mol. The summed E-state index contributed by atoms with van der Waals surface area (Å²) in [7, 11) is 0. The number of halogens is 1. The summed E-state index contributed by atoms with van der Waals surface area (Å²) < 4.78 is 0. The van der Waals surface area contributed by atoms with Crippen LogP contribution in [0.4, 0.5) is 0 Å². The molecule has 0 radical (unpaired) electrons. The van der Waals surface area contributed by atoms with E-state index in [0.29, 0.717) is 0 Å². The Bertz CT molecular complexity index is 487. The molecule has 0 spiro atoms. The van der Waals surface area contributed by atoms with Gasteiger partial charge in [0.05, 0.1) is 11.7 Å². The predicted octanol–water partition coefficient (Wildman–Crippen LogP) is 3.22. The monoisotopic (exact) mass is 261 g/mol. The van der Waals surface area contributed by atoms with Gasteiger partial charge in [0.2, 0.25) is 0 Å². The molecule has 0 aliphatic heterocycles. The van der Waals surface area contributed by atoms with E-state index in [9.17, 15) is 0 Å². The molecule has 0 saturated heterocycles. The molecule has 2 rings (SSSR count). The van der Waals surface area contributed by atoms with Crippen LogP contribution in [0.1, 0.15) is 30.6 Å². The average Bonchev–Trinajstić information content (AvgIpc) is 2.40. The highest BCUT2D eigenvalue weighted by atomic mass is 35.5. The highest BCUT2D eigenvalue weighted by Crippen LogP contribution is 2.22. The largest absolute Gasteiger partial charge is 0.305 e. The van der Waals surface area contributed by atoms with E-state index in [-0.39, 0.29) is 6.04 Å². The molecule has 1 N–H and O–H groups in total. The number of rotatable bonds is 5. The zero-order chi connectivity index (χ0) is 12.8. The Labute approximate surface area is 112 Å². The summed E-state index contributed by atoms with van der Waals surface area (Å²) in [5, 5.41) is 4.22. The summed E-state index contributed by atoms with van der Waals surface area (Å²) >= 11 is 6.05. The Kier molecular flexibility index (Phi) is 4.67. The molecule has 0 fully saturated rings. The maximum atomic E-state index is 6.05. The van der Waals surface area contributed by atoms with Crippen molar-refractivity contribution in [2.24, 2.45) is 0 Å². The third kappa shape index (κ3) is 3.28. The molecule has 1 unspecified atom stereocenters. The number of hydrogen-bond donors (Lipinski definition) is 1. The van der Waals surface area contributed by atoms with Crippen molar-refractivity contribution in [3.05, 3.63) is 59.1 Å². The van der Waals surface area contributed by atoms with E-state index >= 15 is 0 Å². The second kappa shape index (κ2) is 6.47. The molecular formula is C14H16ClN3. The van der Waals surface area contributed by atoms with Gasteiger partial charge in [-0.15, -0.1) is 0 Å². The topological polar surface area (TPSA) is 37.8 Å². The van der Waals surface area contributed by atoms with E-state index in [4.69, 9.17) is 11.6 Å². The fourth-order valence-electron chi connectivity index (χ4n) is 1.84. The van der Waals surface area contributed by atoms with Crippen LogP contribution in [-0.4, -0.2) is 16.5 Å². The molecule has 0 aliphatic rings. The van der Waals surface area contributed by atoms with E-state index in [1.807, 2.05) is 24.3 Å². The number of benzene rings is 1. The smallest absolute Gasteiger partial charge is 0.115 e. The first-order valence-corrected chi connectivity index (χ1v) is 6.44. The highest BCUT2D eigenvalue weighted by Gasteiger charge is 2.14. The quantitative estimate of drug-likeness (QED) is 0.898. The van der Waals surface area contributed by atoms with E-state index in [1.165, 1.54) is 0 Å². The van der Waals surface area contributed by atoms with Crippen molar-refractivity contribution in [3.63, 3.8) is 0 Å². The number of nitrogens with zero attached hydrogens (tertiary/aromatic N) is 2. The zero-order valence-corrected chi connectivity index (χ0v) is 11.1. The summed E-state index contributed by atoms with van der Waals surface area (Å²) in [4.78, 5) is 8.28. The highest BCUT2D eigenvalue weighted by molar-refractivity contribution is 6.30. The van der Waals surface area contributed by atoms with Crippen LogP contribution in [0.15, 0.2) is 42.9 Å². The SMILES string of the molecule is CCCNC(c1cccc(Cl)c1)c1ccncn1. The first-order chi connectivity index (χ1) is 8.81. The zero-order valence-electron chi connectivity index (χ0n) is 10.3. The van der Waals surface area contributed by atoms with Gasteiger partial charge in [-0.2, -0.15) is 0 Å². The fourth-order valence-corrected chi connectivity index (χ4v) is 2.04. The first kappa shape index (κ1) is 13.0. The molecule has 0 aliphatic carbocycles. The van der Waals surface area contributed by atoms with Gasteiger partial charge in [-0.05, 0) is 36.7 Å². The average molecular weight is 262 g/mol. The van der Waals surface area contributed by atoms with E-state index in [2.05, 4.69) is 28.3 Å². The standard InChI is InChI=1S/C14H16ClN3/c1-2-7-17-14(13-6-8-16-10-18-13)11-4-3-5-12(15)9-11/h3-6,8-10,14,17H,2,7H2,1H3. The molecule has 3 nitrogen and oxygen atoms in total. The third-order valence-corrected chi connectivity index (χ3v) is 2.92. The first-order valence-electron chi connectivity index (χ1n) is 6.06. The van der Waals surface area contributed by atoms with Gasteiger partial charge in [-0.1, -0.05) is 30.7 Å². The van der Waals surface area contributed by atoms with Crippen molar-refractivity contribution in [1.82, 2.24) is 15.3 Å². The molecule has 1 atom stereocenters. The normalized spacial score (nSPS) is 12.3. The summed E-state index contributed by atoms with van der Waals surface area (Å²) in [6.45, 7) is 3.07. The van der Waals surface area contributed by atoms with Crippen molar-refractivity contribution >= 4 is 11.6 Å².